The summed E-state index contributed by atoms with van der Waals surface area (Å²) in [5.41, 5.74) is 0.797. The predicted octanol–water partition coefficient (Wildman–Crippen LogP) is 2.91. The minimum Gasteiger partial charge on any atom is -0.497 e. The van der Waals surface area contributed by atoms with Gasteiger partial charge in [0.2, 0.25) is 11.7 Å². The first-order chi connectivity index (χ1) is 19.0. The van der Waals surface area contributed by atoms with Crippen molar-refractivity contribution >= 4 is 11.8 Å². The molecule has 204 valence electrons. The van der Waals surface area contributed by atoms with Crippen LogP contribution in [-0.2, 0) is 27.4 Å². The fourth-order valence-corrected chi connectivity index (χ4v) is 4.41. The van der Waals surface area contributed by atoms with E-state index < -0.39 is 11.9 Å². The molecule has 0 spiro atoms. The highest BCUT2D eigenvalue weighted by Crippen LogP contribution is 2.26. The zero-order chi connectivity index (χ0) is 27.2. The minimum atomic E-state index is -1.04. The topological polar surface area (TPSA) is 138 Å². The Kier molecular flexibility index (Phi) is 8.02. The van der Waals surface area contributed by atoms with Crippen molar-refractivity contribution in [1.82, 2.24) is 30.4 Å². The van der Waals surface area contributed by atoms with Gasteiger partial charge in [0.15, 0.2) is 11.8 Å². The molecule has 4 heterocycles. The molecule has 1 N–H and O–H groups in total. The van der Waals surface area contributed by atoms with Crippen LogP contribution >= 0.6 is 0 Å². The maximum atomic E-state index is 13.8. The molecule has 4 aromatic rings. The van der Waals surface area contributed by atoms with E-state index in [0.29, 0.717) is 36.2 Å². The molecule has 3 aromatic heterocycles. The van der Waals surface area contributed by atoms with Crippen molar-refractivity contribution in [2.45, 2.75) is 45.0 Å². The number of nitrogens with one attached hydrogen (secondary N) is 1. The minimum absolute atomic E-state index is 0.0556. The largest absolute Gasteiger partial charge is 0.497 e. The van der Waals surface area contributed by atoms with E-state index in [9.17, 15) is 9.59 Å². The number of amides is 2. The molecule has 1 saturated heterocycles. The van der Waals surface area contributed by atoms with E-state index in [4.69, 9.17) is 18.3 Å². The molecule has 0 unspecified atom stereocenters. The van der Waals surface area contributed by atoms with Gasteiger partial charge in [0, 0.05) is 19.7 Å². The molecule has 0 bridgehead atoms. The van der Waals surface area contributed by atoms with Gasteiger partial charge in [-0.1, -0.05) is 12.1 Å². The van der Waals surface area contributed by atoms with Gasteiger partial charge in [0.05, 0.1) is 19.5 Å². The maximum Gasteiger partial charge on any atom is 0.250 e. The highest BCUT2D eigenvalue weighted by atomic mass is 16.5. The molecular weight excluding hydrogens is 504 g/mol. The first-order valence-electron chi connectivity index (χ1n) is 12.7. The third-order valence-electron chi connectivity index (χ3n) is 6.42. The predicted molar refractivity (Wildman–Crippen MR) is 137 cm³/mol. The number of nitrogens with zero attached hydrogens (tertiary/aromatic N) is 5. The molecule has 0 radical (unpaired) electrons. The number of ether oxygens (including phenoxy) is 2. The highest BCUT2D eigenvalue weighted by Gasteiger charge is 2.34. The van der Waals surface area contributed by atoms with Crippen molar-refractivity contribution in [1.29, 1.82) is 0 Å². The summed E-state index contributed by atoms with van der Waals surface area (Å²) in [6, 6.07) is 13.1. The lowest BCUT2D eigenvalue weighted by molar-refractivity contribution is -0.143. The molecule has 0 saturated carbocycles. The van der Waals surface area contributed by atoms with Gasteiger partial charge in [-0.2, -0.15) is 4.80 Å². The van der Waals surface area contributed by atoms with Crippen LogP contribution in [0, 0.1) is 6.92 Å². The molecule has 1 aliphatic rings. The average Bonchev–Trinajstić information content (AvgIpc) is 3.76. The molecule has 1 aromatic carbocycles. The SMILES string of the molecule is COc1ccc(CN(C(=O)Cn2nnc(-c3ccc(C)o3)n2)[C@@H](C(=O)NC[C@@H]2CCCO2)c2ccco2)cc1. The molecule has 12 nitrogen and oxygen atoms in total. The van der Waals surface area contributed by atoms with Gasteiger partial charge < -0.3 is 28.5 Å². The molecule has 2 atom stereocenters. The van der Waals surface area contributed by atoms with E-state index in [1.807, 2.05) is 19.1 Å². The zero-order valence-electron chi connectivity index (χ0n) is 21.8. The number of carbonyl (C=O) groups excluding carboxylic acids is 2. The number of hydrogen-bond acceptors (Lipinski definition) is 9. The van der Waals surface area contributed by atoms with Crippen LogP contribution in [-0.4, -0.2) is 63.3 Å². The number of tetrazole rings is 1. The van der Waals surface area contributed by atoms with Gasteiger partial charge in [-0.15, -0.1) is 10.2 Å². The number of furan rings is 2. The average molecular weight is 535 g/mol. The Labute approximate surface area is 224 Å². The molecular formula is C27H30N6O6. The number of aryl methyl sites for hydroxylation is 1. The third-order valence-corrected chi connectivity index (χ3v) is 6.42. The number of aromatic nitrogens is 4. The summed E-state index contributed by atoms with van der Waals surface area (Å²) in [6.45, 7) is 2.71. The third kappa shape index (κ3) is 6.34. The van der Waals surface area contributed by atoms with Crippen molar-refractivity contribution in [3.05, 3.63) is 71.9 Å². The normalized spacial score (nSPS) is 15.7. The van der Waals surface area contributed by atoms with E-state index in [1.165, 1.54) is 16.0 Å². The summed E-state index contributed by atoms with van der Waals surface area (Å²) in [6.07, 6.45) is 3.24. The van der Waals surface area contributed by atoms with Crippen LogP contribution in [0.1, 0.15) is 36.0 Å². The standard InChI is InChI=1S/C27H30N6O6/c1-18-7-12-23(39-18)26-29-31-33(30-26)17-24(34)32(16-19-8-10-20(36-2)11-9-19)25(22-6-4-14-38-22)27(35)28-15-21-5-3-13-37-21/h4,6-12,14,21,25H,3,5,13,15-17H2,1-2H3,(H,28,35)/t21-,25+/m0/s1. The second kappa shape index (κ2) is 11.9. The van der Waals surface area contributed by atoms with Gasteiger partial charge in [-0.3, -0.25) is 9.59 Å². The summed E-state index contributed by atoms with van der Waals surface area (Å²) in [7, 11) is 1.58. The van der Waals surface area contributed by atoms with Crippen LogP contribution in [0.5, 0.6) is 5.75 Å². The van der Waals surface area contributed by atoms with Crippen LogP contribution in [0.3, 0.4) is 0 Å². The van der Waals surface area contributed by atoms with E-state index in [-0.39, 0.29) is 30.9 Å². The Balaban J connectivity index is 1.41. The summed E-state index contributed by atoms with van der Waals surface area (Å²) in [4.78, 5) is 30.0. The van der Waals surface area contributed by atoms with Gasteiger partial charge >= 0.3 is 0 Å². The molecule has 0 aliphatic carbocycles. The lowest BCUT2D eigenvalue weighted by Gasteiger charge is -2.30. The van der Waals surface area contributed by atoms with Crippen molar-refractivity contribution in [2.24, 2.45) is 0 Å². The summed E-state index contributed by atoms with van der Waals surface area (Å²) in [5, 5.41) is 15.3. The highest BCUT2D eigenvalue weighted by molar-refractivity contribution is 5.88. The van der Waals surface area contributed by atoms with Gasteiger partial charge in [-0.25, -0.2) is 0 Å². The Morgan fingerprint density at radius 1 is 1.21 bits per heavy atom. The number of methoxy groups -OCH3 is 1. The quantitative estimate of drug-likeness (QED) is 0.308. The fourth-order valence-electron chi connectivity index (χ4n) is 4.41. The van der Waals surface area contributed by atoms with Crippen molar-refractivity contribution in [3.63, 3.8) is 0 Å². The number of rotatable bonds is 11. The number of carbonyl (C=O) groups is 2. The number of benzene rings is 1. The van der Waals surface area contributed by atoms with Gasteiger partial charge in [0.1, 0.15) is 23.8 Å². The Morgan fingerprint density at radius 2 is 2.05 bits per heavy atom. The summed E-state index contributed by atoms with van der Waals surface area (Å²) < 4.78 is 22.1. The second-order valence-corrected chi connectivity index (χ2v) is 9.22. The molecule has 12 heteroatoms. The molecule has 1 fully saturated rings. The zero-order valence-corrected chi connectivity index (χ0v) is 21.8. The van der Waals surface area contributed by atoms with E-state index in [1.54, 1.807) is 43.5 Å². The molecule has 1 aliphatic heterocycles. The van der Waals surface area contributed by atoms with Crippen LogP contribution in [0.15, 0.2) is 63.6 Å². The Morgan fingerprint density at radius 3 is 2.72 bits per heavy atom. The van der Waals surface area contributed by atoms with Crippen molar-refractivity contribution in [2.75, 3.05) is 20.3 Å². The molecule has 2 amide bonds. The second-order valence-electron chi connectivity index (χ2n) is 9.22. The first-order valence-corrected chi connectivity index (χ1v) is 12.7. The molecule has 39 heavy (non-hydrogen) atoms. The van der Waals surface area contributed by atoms with E-state index in [2.05, 4.69) is 20.7 Å². The van der Waals surface area contributed by atoms with Gasteiger partial charge in [0.25, 0.3) is 5.91 Å². The Hall–Kier alpha value is -4.45. The van der Waals surface area contributed by atoms with E-state index >= 15 is 0 Å². The van der Waals surface area contributed by atoms with Crippen molar-refractivity contribution in [3.8, 4) is 17.3 Å². The number of hydrogen-bond donors (Lipinski definition) is 1. The fraction of sp³-hybridized carbons (Fsp3) is 0.370. The smallest absolute Gasteiger partial charge is 0.250 e. The lowest BCUT2D eigenvalue weighted by atomic mass is 10.1. The van der Waals surface area contributed by atoms with Crippen molar-refractivity contribution < 1.29 is 27.9 Å². The summed E-state index contributed by atoms with van der Waals surface area (Å²) >= 11 is 0. The van der Waals surface area contributed by atoms with Crippen LogP contribution < -0.4 is 10.1 Å². The lowest BCUT2D eigenvalue weighted by Crippen LogP contribution is -2.46. The van der Waals surface area contributed by atoms with E-state index in [0.717, 1.165) is 18.4 Å². The van der Waals surface area contributed by atoms with Crippen LogP contribution in [0.25, 0.3) is 11.6 Å². The maximum absolute atomic E-state index is 13.8. The molecule has 5 rings (SSSR count). The monoisotopic (exact) mass is 534 g/mol. The Bertz CT molecular complexity index is 1370. The summed E-state index contributed by atoms with van der Waals surface area (Å²) in [5.74, 6) is 1.65. The van der Waals surface area contributed by atoms with Crippen LogP contribution in [0.2, 0.25) is 0 Å². The van der Waals surface area contributed by atoms with Gasteiger partial charge in [-0.05, 0) is 66.9 Å². The first kappa shape index (κ1) is 26.2. The van der Waals surface area contributed by atoms with Crippen LogP contribution in [0.4, 0.5) is 0 Å².